The third-order valence-corrected chi connectivity index (χ3v) is 3.95. The van der Waals surface area contributed by atoms with Crippen LogP contribution >= 0.6 is 27.3 Å². The highest BCUT2D eigenvalue weighted by atomic mass is 79.9. The van der Waals surface area contributed by atoms with Gasteiger partial charge in [-0.2, -0.15) is 0 Å². The van der Waals surface area contributed by atoms with Crippen molar-refractivity contribution < 1.29 is 14.2 Å². The first-order valence-electron chi connectivity index (χ1n) is 5.08. The molecule has 0 atom stereocenters. The summed E-state index contributed by atoms with van der Waals surface area (Å²) in [6.07, 6.45) is 0. The Morgan fingerprint density at radius 2 is 2.06 bits per heavy atom. The average molecular weight is 313 g/mol. The molecular formula is C12H9BrO3S. The highest BCUT2D eigenvalue weighted by Crippen LogP contribution is 2.35. The van der Waals surface area contributed by atoms with Gasteiger partial charge < -0.3 is 14.2 Å². The standard InChI is InChI=1S/C12H9BrO3S/c13-12-4-2-9(17-12)6-14-8-1-3-10-11(5-8)16-7-15-10/h1-5H,6-7H2. The van der Waals surface area contributed by atoms with Gasteiger partial charge in [0, 0.05) is 10.9 Å². The Balaban J connectivity index is 1.69. The summed E-state index contributed by atoms with van der Waals surface area (Å²) in [5.41, 5.74) is 0. The smallest absolute Gasteiger partial charge is 0.231 e. The topological polar surface area (TPSA) is 27.7 Å². The predicted octanol–water partition coefficient (Wildman–Crippen LogP) is 3.82. The number of hydrogen-bond donors (Lipinski definition) is 0. The molecule has 0 bridgehead atoms. The molecule has 0 amide bonds. The van der Waals surface area contributed by atoms with Crippen LogP contribution in [0.2, 0.25) is 0 Å². The van der Waals surface area contributed by atoms with Gasteiger partial charge in [-0.15, -0.1) is 11.3 Å². The lowest BCUT2D eigenvalue weighted by Crippen LogP contribution is -1.93. The first-order chi connectivity index (χ1) is 8.31. The summed E-state index contributed by atoms with van der Waals surface area (Å²) >= 11 is 5.09. The maximum Gasteiger partial charge on any atom is 0.231 e. The second kappa shape index (κ2) is 4.58. The lowest BCUT2D eigenvalue weighted by Gasteiger charge is -2.05. The van der Waals surface area contributed by atoms with Gasteiger partial charge in [0.15, 0.2) is 11.5 Å². The fourth-order valence-corrected chi connectivity index (χ4v) is 2.95. The first kappa shape index (κ1) is 10.9. The van der Waals surface area contributed by atoms with E-state index in [1.54, 1.807) is 11.3 Å². The van der Waals surface area contributed by atoms with Crippen LogP contribution in [-0.2, 0) is 6.61 Å². The minimum Gasteiger partial charge on any atom is -0.488 e. The Hall–Kier alpha value is -1.20. The van der Waals surface area contributed by atoms with Crippen molar-refractivity contribution in [3.05, 3.63) is 39.0 Å². The van der Waals surface area contributed by atoms with Crippen LogP contribution in [0.15, 0.2) is 34.1 Å². The van der Waals surface area contributed by atoms with Crippen LogP contribution in [0.3, 0.4) is 0 Å². The van der Waals surface area contributed by atoms with Crippen LogP contribution in [-0.4, -0.2) is 6.79 Å². The lowest BCUT2D eigenvalue weighted by molar-refractivity contribution is 0.173. The highest BCUT2D eigenvalue weighted by molar-refractivity contribution is 9.11. The van der Waals surface area contributed by atoms with E-state index in [2.05, 4.69) is 15.9 Å². The first-order valence-corrected chi connectivity index (χ1v) is 6.69. The minimum atomic E-state index is 0.288. The second-order valence-corrected chi connectivity index (χ2v) is 6.06. The Morgan fingerprint density at radius 1 is 1.18 bits per heavy atom. The van der Waals surface area contributed by atoms with Crippen LogP contribution in [0.25, 0.3) is 0 Å². The van der Waals surface area contributed by atoms with Crippen LogP contribution < -0.4 is 14.2 Å². The van der Waals surface area contributed by atoms with E-state index in [-0.39, 0.29) is 6.79 Å². The summed E-state index contributed by atoms with van der Waals surface area (Å²) in [6.45, 7) is 0.854. The van der Waals surface area contributed by atoms with Crippen LogP contribution in [0.5, 0.6) is 17.2 Å². The van der Waals surface area contributed by atoms with Crippen LogP contribution in [0, 0.1) is 0 Å². The van der Waals surface area contributed by atoms with E-state index in [0.717, 1.165) is 21.0 Å². The van der Waals surface area contributed by atoms with E-state index >= 15 is 0 Å². The largest absolute Gasteiger partial charge is 0.488 e. The molecule has 0 fully saturated rings. The normalized spacial score (nSPS) is 12.8. The number of fused-ring (bicyclic) bond motifs is 1. The molecule has 0 saturated heterocycles. The molecule has 0 aliphatic carbocycles. The molecule has 88 valence electrons. The molecule has 1 aromatic heterocycles. The van der Waals surface area contributed by atoms with Gasteiger partial charge in [-0.1, -0.05) is 0 Å². The fourth-order valence-electron chi connectivity index (χ4n) is 1.55. The Labute approximate surface area is 111 Å². The van der Waals surface area contributed by atoms with Crippen molar-refractivity contribution in [3.8, 4) is 17.2 Å². The summed E-state index contributed by atoms with van der Waals surface area (Å²) in [5.74, 6) is 2.31. The molecule has 0 spiro atoms. The molecule has 1 aliphatic rings. The van der Waals surface area contributed by atoms with Crippen molar-refractivity contribution in [1.29, 1.82) is 0 Å². The van der Waals surface area contributed by atoms with Gasteiger partial charge in [0.05, 0.1) is 3.79 Å². The van der Waals surface area contributed by atoms with E-state index < -0.39 is 0 Å². The van der Waals surface area contributed by atoms with E-state index in [1.807, 2.05) is 30.3 Å². The van der Waals surface area contributed by atoms with Gasteiger partial charge in [0.2, 0.25) is 6.79 Å². The molecule has 3 nitrogen and oxygen atoms in total. The van der Waals surface area contributed by atoms with E-state index in [1.165, 1.54) is 4.88 Å². The molecule has 5 heteroatoms. The molecule has 0 unspecified atom stereocenters. The maximum atomic E-state index is 5.68. The zero-order chi connectivity index (χ0) is 11.7. The van der Waals surface area contributed by atoms with Gasteiger partial charge >= 0.3 is 0 Å². The second-order valence-electron chi connectivity index (χ2n) is 3.51. The molecule has 1 aromatic carbocycles. The molecule has 3 rings (SSSR count). The summed E-state index contributed by atoms with van der Waals surface area (Å²) in [7, 11) is 0. The molecular weight excluding hydrogens is 304 g/mol. The van der Waals surface area contributed by atoms with Gasteiger partial charge in [-0.25, -0.2) is 0 Å². The molecule has 0 saturated carbocycles. The van der Waals surface area contributed by atoms with E-state index in [9.17, 15) is 0 Å². The summed E-state index contributed by atoms with van der Waals surface area (Å²) < 4.78 is 17.3. The van der Waals surface area contributed by atoms with E-state index in [0.29, 0.717) is 6.61 Å². The summed E-state index contributed by atoms with van der Waals surface area (Å²) in [4.78, 5) is 1.18. The van der Waals surface area contributed by atoms with Crippen molar-refractivity contribution >= 4 is 27.3 Å². The lowest BCUT2D eigenvalue weighted by atomic mass is 10.3. The van der Waals surface area contributed by atoms with E-state index in [4.69, 9.17) is 14.2 Å². The number of halogens is 1. The summed E-state index contributed by atoms with van der Waals surface area (Å²) in [6, 6.07) is 9.66. The quantitative estimate of drug-likeness (QED) is 0.862. The zero-order valence-electron chi connectivity index (χ0n) is 8.81. The van der Waals surface area contributed by atoms with Gasteiger partial charge in [-0.05, 0) is 40.2 Å². The van der Waals surface area contributed by atoms with Crippen molar-refractivity contribution in [2.75, 3.05) is 6.79 Å². The minimum absolute atomic E-state index is 0.288. The third-order valence-electron chi connectivity index (χ3n) is 2.35. The van der Waals surface area contributed by atoms with Gasteiger partial charge in [-0.3, -0.25) is 0 Å². The fraction of sp³-hybridized carbons (Fsp3) is 0.167. The van der Waals surface area contributed by atoms with Gasteiger partial charge in [0.1, 0.15) is 12.4 Å². The SMILES string of the molecule is Brc1ccc(COc2ccc3c(c2)OCO3)s1. The van der Waals surface area contributed by atoms with Crippen molar-refractivity contribution in [3.63, 3.8) is 0 Å². The molecule has 0 radical (unpaired) electrons. The predicted molar refractivity (Wildman–Crippen MR) is 68.9 cm³/mol. The van der Waals surface area contributed by atoms with Crippen molar-refractivity contribution in [1.82, 2.24) is 0 Å². The Kier molecular flexibility index (Phi) is 2.94. The molecule has 17 heavy (non-hydrogen) atoms. The number of thiophene rings is 1. The highest BCUT2D eigenvalue weighted by Gasteiger charge is 2.13. The van der Waals surface area contributed by atoms with Crippen LogP contribution in [0.4, 0.5) is 0 Å². The van der Waals surface area contributed by atoms with Crippen molar-refractivity contribution in [2.24, 2.45) is 0 Å². The molecule has 2 aromatic rings. The van der Waals surface area contributed by atoms with Gasteiger partial charge in [0.25, 0.3) is 0 Å². The molecule has 0 N–H and O–H groups in total. The monoisotopic (exact) mass is 312 g/mol. The number of ether oxygens (including phenoxy) is 3. The third kappa shape index (κ3) is 2.40. The average Bonchev–Trinajstić information content (AvgIpc) is 2.94. The maximum absolute atomic E-state index is 5.68. The zero-order valence-corrected chi connectivity index (χ0v) is 11.2. The molecule has 1 aliphatic heterocycles. The van der Waals surface area contributed by atoms with Crippen molar-refractivity contribution in [2.45, 2.75) is 6.61 Å². The number of hydrogen-bond acceptors (Lipinski definition) is 4. The van der Waals surface area contributed by atoms with Crippen LogP contribution in [0.1, 0.15) is 4.88 Å². The number of rotatable bonds is 3. The number of benzene rings is 1. The molecule has 2 heterocycles. The Morgan fingerprint density at radius 3 is 2.88 bits per heavy atom. The Bertz CT molecular complexity index is 538. The summed E-state index contributed by atoms with van der Waals surface area (Å²) in [5, 5.41) is 0.